The molecule has 1 fully saturated rings. The van der Waals surface area contributed by atoms with Gasteiger partial charge in [0.05, 0.1) is 22.9 Å². The Labute approximate surface area is 208 Å². The summed E-state index contributed by atoms with van der Waals surface area (Å²) in [6.45, 7) is 4.99. The molecule has 9 nitrogen and oxygen atoms in total. The average molecular weight is 484 g/mol. The van der Waals surface area contributed by atoms with E-state index in [2.05, 4.69) is 50.3 Å². The van der Waals surface area contributed by atoms with Crippen molar-refractivity contribution >= 4 is 27.9 Å². The highest BCUT2D eigenvalue weighted by atomic mass is 16.5. The lowest BCUT2D eigenvalue weighted by atomic mass is 9.86. The molecule has 0 amide bonds. The van der Waals surface area contributed by atoms with Gasteiger partial charge in [-0.2, -0.15) is 5.10 Å². The number of aryl methyl sites for hydroxylation is 3. The fourth-order valence-electron chi connectivity index (χ4n) is 5.77. The van der Waals surface area contributed by atoms with Gasteiger partial charge in [-0.3, -0.25) is 14.5 Å². The summed E-state index contributed by atoms with van der Waals surface area (Å²) in [5, 5.41) is 13.1. The lowest BCUT2D eigenvalue weighted by molar-refractivity contribution is 0.0552. The van der Waals surface area contributed by atoms with Crippen molar-refractivity contribution in [1.29, 1.82) is 0 Å². The Morgan fingerprint density at radius 1 is 1.08 bits per heavy atom. The van der Waals surface area contributed by atoms with Crippen LogP contribution in [0.5, 0.6) is 0 Å². The zero-order valence-corrected chi connectivity index (χ0v) is 21.0. The van der Waals surface area contributed by atoms with Gasteiger partial charge in [0, 0.05) is 46.0 Å². The van der Waals surface area contributed by atoms with Crippen LogP contribution in [0.25, 0.3) is 33.3 Å². The molecule has 5 aromatic rings. The molecule has 1 atom stereocenters. The number of carbonyl (C=O) groups excluding carboxylic acids is 1. The number of hydrogen-bond donors (Lipinski definition) is 0. The van der Waals surface area contributed by atoms with E-state index < -0.39 is 0 Å². The van der Waals surface area contributed by atoms with E-state index in [-0.39, 0.29) is 11.8 Å². The third kappa shape index (κ3) is 3.45. The van der Waals surface area contributed by atoms with E-state index >= 15 is 0 Å². The molecular weight excluding hydrogens is 454 g/mol. The van der Waals surface area contributed by atoms with Crippen LogP contribution in [0, 0.1) is 12.8 Å². The number of ketones is 1. The van der Waals surface area contributed by atoms with Crippen molar-refractivity contribution in [3.63, 3.8) is 0 Å². The Morgan fingerprint density at radius 3 is 2.50 bits per heavy atom. The fraction of sp³-hybridized carbons (Fsp3) is 0.370. The van der Waals surface area contributed by atoms with E-state index in [1.165, 1.54) is 5.56 Å². The number of fused-ring (bicyclic) bond motifs is 3. The van der Waals surface area contributed by atoms with E-state index in [9.17, 15) is 4.79 Å². The molecule has 36 heavy (non-hydrogen) atoms. The minimum absolute atomic E-state index is 0.000194. The maximum atomic E-state index is 12.8. The second-order valence-electron chi connectivity index (χ2n) is 9.64. The second-order valence-corrected chi connectivity index (χ2v) is 9.64. The summed E-state index contributed by atoms with van der Waals surface area (Å²) in [6, 6.07) is 12.7. The molecule has 6 rings (SSSR count). The first-order valence-corrected chi connectivity index (χ1v) is 12.3. The summed E-state index contributed by atoms with van der Waals surface area (Å²) in [5.41, 5.74) is 7.89. The number of ether oxygens (including phenoxy) is 1. The van der Waals surface area contributed by atoms with E-state index in [4.69, 9.17) is 9.72 Å². The monoisotopic (exact) mass is 483 g/mol. The third-order valence-corrected chi connectivity index (χ3v) is 7.35. The Balaban J connectivity index is 1.72. The second kappa shape index (κ2) is 8.67. The number of aromatic nitrogens is 7. The largest absolute Gasteiger partial charge is 0.381 e. The zero-order valence-electron chi connectivity index (χ0n) is 21.0. The summed E-state index contributed by atoms with van der Waals surface area (Å²) in [7, 11) is 3.77. The Hall–Kier alpha value is -3.85. The van der Waals surface area contributed by atoms with Crippen molar-refractivity contribution in [2.24, 2.45) is 20.0 Å². The van der Waals surface area contributed by atoms with Crippen molar-refractivity contribution in [3.8, 4) is 11.3 Å². The molecule has 9 heteroatoms. The highest BCUT2D eigenvalue weighted by Gasteiger charge is 2.33. The van der Waals surface area contributed by atoms with Crippen LogP contribution in [0.1, 0.15) is 47.6 Å². The van der Waals surface area contributed by atoms with Crippen LogP contribution in [0.2, 0.25) is 0 Å². The van der Waals surface area contributed by atoms with E-state index in [1.807, 2.05) is 33.3 Å². The first-order chi connectivity index (χ1) is 17.5. The molecule has 1 unspecified atom stereocenters. The summed E-state index contributed by atoms with van der Waals surface area (Å²) in [6.07, 6.45) is 3.74. The SMILES string of the molecule is CC(=O)c1nn(C)c2c3ncc(-c4c(C)nnn4C)cc3n(C(c3ccccc3)C3CCOCC3)c12. The Kier molecular flexibility index (Phi) is 5.44. The highest BCUT2D eigenvalue weighted by Crippen LogP contribution is 2.42. The zero-order chi connectivity index (χ0) is 25.0. The first-order valence-electron chi connectivity index (χ1n) is 12.3. The molecule has 1 aliphatic heterocycles. The number of carbonyl (C=O) groups is 1. The number of hydrogen-bond acceptors (Lipinski definition) is 6. The van der Waals surface area contributed by atoms with Gasteiger partial charge in [-0.05, 0) is 37.3 Å². The molecule has 5 heterocycles. The van der Waals surface area contributed by atoms with Gasteiger partial charge in [-0.25, -0.2) is 4.68 Å². The molecule has 0 bridgehead atoms. The number of pyridine rings is 1. The maximum Gasteiger partial charge on any atom is 0.182 e. The van der Waals surface area contributed by atoms with Gasteiger partial charge in [-0.1, -0.05) is 35.5 Å². The van der Waals surface area contributed by atoms with E-state index in [0.717, 1.165) is 65.1 Å². The van der Waals surface area contributed by atoms with Crippen molar-refractivity contribution in [2.45, 2.75) is 32.7 Å². The topological polar surface area (TPSA) is 92.7 Å². The molecule has 0 aliphatic carbocycles. The van der Waals surface area contributed by atoms with Crippen molar-refractivity contribution in [1.82, 2.24) is 34.3 Å². The van der Waals surface area contributed by atoms with Crippen LogP contribution in [0.4, 0.5) is 0 Å². The lowest BCUT2D eigenvalue weighted by Gasteiger charge is -2.33. The van der Waals surface area contributed by atoms with Gasteiger partial charge < -0.3 is 9.30 Å². The molecule has 0 saturated carbocycles. The van der Waals surface area contributed by atoms with Gasteiger partial charge in [0.2, 0.25) is 0 Å². The van der Waals surface area contributed by atoms with Crippen LogP contribution in [-0.4, -0.2) is 53.3 Å². The standard InChI is InChI=1S/C27H29N7O2/c1-16-24(33(4)31-29-16)20-14-21-23(28-15-20)26-27(22(17(2)35)30-32(26)3)34(21)25(18-8-6-5-7-9-18)19-10-12-36-13-11-19/h5-9,14-15,19,25H,10-13H2,1-4H3. The molecule has 0 radical (unpaired) electrons. The molecule has 0 spiro atoms. The Morgan fingerprint density at radius 2 is 1.83 bits per heavy atom. The molecule has 1 aliphatic rings. The number of benzene rings is 1. The number of Topliss-reactive ketones (excluding diaryl/α,β-unsaturated/α-hetero) is 1. The summed E-state index contributed by atoms with van der Waals surface area (Å²) in [5.74, 6) is 0.277. The van der Waals surface area contributed by atoms with Gasteiger partial charge in [0.15, 0.2) is 11.5 Å². The van der Waals surface area contributed by atoms with Crippen molar-refractivity contribution < 1.29 is 9.53 Å². The number of rotatable bonds is 5. The fourth-order valence-corrected chi connectivity index (χ4v) is 5.77. The molecule has 1 saturated heterocycles. The lowest BCUT2D eigenvalue weighted by Crippen LogP contribution is -2.27. The summed E-state index contributed by atoms with van der Waals surface area (Å²) >= 11 is 0. The minimum atomic E-state index is -0.0599. The quantitative estimate of drug-likeness (QED) is 0.347. The van der Waals surface area contributed by atoms with Crippen LogP contribution in [0.3, 0.4) is 0 Å². The van der Waals surface area contributed by atoms with Gasteiger partial charge in [0.1, 0.15) is 16.6 Å². The average Bonchev–Trinajstić information content (AvgIpc) is 3.52. The predicted octanol–water partition coefficient (Wildman–Crippen LogP) is 4.25. The minimum Gasteiger partial charge on any atom is -0.381 e. The molecule has 184 valence electrons. The smallest absolute Gasteiger partial charge is 0.182 e. The van der Waals surface area contributed by atoms with Gasteiger partial charge in [-0.15, -0.1) is 5.10 Å². The van der Waals surface area contributed by atoms with Crippen LogP contribution in [-0.2, 0) is 18.8 Å². The Bertz CT molecular complexity index is 1570. The van der Waals surface area contributed by atoms with Crippen molar-refractivity contribution in [3.05, 3.63) is 59.5 Å². The van der Waals surface area contributed by atoms with Crippen LogP contribution in [0.15, 0.2) is 42.6 Å². The van der Waals surface area contributed by atoms with Crippen LogP contribution < -0.4 is 0 Å². The molecular formula is C27H29N7O2. The molecule has 4 aromatic heterocycles. The third-order valence-electron chi connectivity index (χ3n) is 7.35. The number of nitrogens with zero attached hydrogens (tertiary/aromatic N) is 7. The molecule has 1 aromatic carbocycles. The summed E-state index contributed by atoms with van der Waals surface area (Å²) in [4.78, 5) is 17.8. The molecule has 0 N–H and O–H groups in total. The van der Waals surface area contributed by atoms with Gasteiger partial charge >= 0.3 is 0 Å². The van der Waals surface area contributed by atoms with E-state index in [0.29, 0.717) is 11.6 Å². The van der Waals surface area contributed by atoms with Gasteiger partial charge in [0.25, 0.3) is 0 Å². The van der Waals surface area contributed by atoms with Crippen molar-refractivity contribution in [2.75, 3.05) is 13.2 Å². The first kappa shape index (κ1) is 22.6. The normalized spacial score (nSPS) is 15.7. The van der Waals surface area contributed by atoms with Crippen LogP contribution >= 0.6 is 0 Å². The highest BCUT2D eigenvalue weighted by molar-refractivity contribution is 6.13. The van der Waals surface area contributed by atoms with E-state index in [1.54, 1.807) is 16.3 Å². The maximum absolute atomic E-state index is 12.8. The predicted molar refractivity (Wildman–Crippen MR) is 137 cm³/mol. The summed E-state index contributed by atoms with van der Waals surface area (Å²) < 4.78 is 11.6.